The van der Waals surface area contributed by atoms with Crippen LogP contribution in [-0.2, 0) is 23.7 Å². The Bertz CT molecular complexity index is 1130. The Morgan fingerprint density at radius 2 is 1.79 bits per heavy atom. The van der Waals surface area contributed by atoms with E-state index in [9.17, 15) is 24.6 Å². The van der Waals surface area contributed by atoms with Gasteiger partial charge in [-0.3, -0.25) is 14.4 Å². The zero-order valence-electron chi connectivity index (χ0n) is 19.3. The molecule has 0 amide bonds. The maximum Gasteiger partial charge on any atom is 0.309 e. The number of benzene rings is 1. The second-order valence-corrected chi connectivity index (χ2v) is 10.2. The molecule has 0 saturated carbocycles. The summed E-state index contributed by atoms with van der Waals surface area (Å²) < 4.78 is 23.2. The Morgan fingerprint density at radius 3 is 2.50 bits per heavy atom. The van der Waals surface area contributed by atoms with Crippen LogP contribution in [0.1, 0.15) is 59.1 Å². The van der Waals surface area contributed by atoms with E-state index in [2.05, 4.69) is 0 Å². The second-order valence-electron chi connectivity index (χ2n) is 10.2. The van der Waals surface area contributed by atoms with Gasteiger partial charge in [0.2, 0.25) is 17.2 Å². The Hall–Kier alpha value is -2.37. The molecule has 1 aromatic rings. The Kier molecular flexibility index (Phi) is 4.46. The molecule has 182 valence electrons. The van der Waals surface area contributed by atoms with Gasteiger partial charge in [0, 0.05) is 17.2 Å². The van der Waals surface area contributed by atoms with Crippen LogP contribution in [0, 0.1) is 0 Å². The van der Waals surface area contributed by atoms with Gasteiger partial charge in [-0.1, -0.05) is 6.07 Å². The minimum atomic E-state index is -1.65. The van der Waals surface area contributed by atoms with Gasteiger partial charge in [0.05, 0.1) is 36.4 Å². The first-order valence-electron chi connectivity index (χ1n) is 11.5. The van der Waals surface area contributed by atoms with Crippen molar-refractivity contribution >= 4 is 17.5 Å². The molecule has 5 unspecified atom stereocenters. The number of phenols is 1. The molecule has 5 aliphatic rings. The van der Waals surface area contributed by atoms with Gasteiger partial charge in [0.15, 0.2) is 11.7 Å². The van der Waals surface area contributed by atoms with Crippen molar-refractivity contribution in [1.82, 2.24) is 4.90 Å². The predicted octanol–water partition coefficient (Wildman–Crippen LogP) is 0.523. The number of aliphatic hydroxyl groups excluding tert-OH is 1. The van der Waals surface area contributed by atoms with Gasteiger partial charge in [-0.05, 0) is 40.4 Å². The van der Waals surface area contributed by atoms with Crippen LogP contribution < -0.4 is 0 Å². The number of hydrogen-bond acceptors (Lipinski definition) is 10. The summed E-state index contributed by atoms with van der Waals surface area (Å²) in [5.74, 6) is -1.90. The molecule has 10 heteroatoms. The van der Waals surface area contributed by atoms with E-state index in [1.165, 1.54) is 6.07 Å². The maximum atomic E-state index is 13.8. The number of ketones is 2. The number of fused-ring (bicyclic) bond motifs is 2. The van der Waals surface area contributed by atoms with Crippen molar-refractivity contribution < 1.29 is 43.5 Å². The number of aromatic hydroxyl groups is 1. The van der Waals surface area contributed by atoms with Crippen molar-refractivity contribution in [1.29, 1.82) is 0 Å². The average Bonchev–Trinajstić information content (AvgIpc) is 3.39. The van der Waals surface area contributed by atoms with Crippen LogP contribution in [0.5, 0.6) is 5.75 Å². The standard InChI is InChI=1S/C24H27NO9/c1-9-18(27)13(25(3)4)7-14(31-9)11-5-6-12-17(19(11)28)21(30)23-10(2)32-15-8-16(26)33-22(15)24(23,34-23)20(12)29/h5-6,9-10,13-15,18,22,27-28H,7-8H2,1-4H3/t9-,10?,13+,14-,15?,18-,22?,23?,24?/m1/s1. The molecule has 4 saturated heterocycles. The second kappa shape index (κ2) is 6.86. The molecule has 2 N–H and O–H groups in total. The molecule has 0 spiro atoms. The third-order valence-electron chi connectivity index (χ3n) is 8.22. The molecule has 0 radical (unpaired) electrons. The third kappa shape index (κ3) is 2.45. The molecule has 10 nitrogen and oxygen atoms in total. The zero-order valence-corrected chi connectivity index (χ0v) is 19.3. The van der Waals surface area contributed by atoms with Gasteiger partial charge in [-0.2, -0.15) is 0 Å². The van der Waals surface area contributed by atoms with E-state index in [4.69, 9.17) is 18.9 Å². The molecular weight excluding hydrogens is 446 g/mol. The van der Waals surface area contributed by atoms with Crippen molar-refractivity contribution in [2.45, 2.75) is 80.6 Å². The largest absolute Gasteiger partial charge is 0.507 e. The lowest BCUT2D eigenvalue weighted by Crippen LogP contribution is -2.63. The first-order chi connectivity index (χ1) is 16.0. The summed E-state index contributed by atoms with van der Waals surface area (Å²) in [5.41, 5.74) is -3.01. The lowest BCUT2D eigenvalue weighted by molar-refractivity contribution is -0.146. The molecule has 6 rings (SSSR count). The van der Waals surface area contributed by atoms with Gasteiger partial charge < -0.3 is 34.1 Å². The minimum Gasteiger partial charge on any atom is -0.507 e. The van der Waals surface area contributed by atoms with Crippen LogP contribution in [0.25, 0.3) is 0 Å². The van der Waals surface area contributed by atoms with Crippen molar-refractivity contribution in [2.24, 2.45) is 0 Å². The summed E-state index contributed by atoms with van der Waals surface area (Å²) >= 11 is 0. The first-order valence-corrected chi connectivity index (χ1v) is 11.5. The monoisotopic (exact) mass is 473 g/mol. The quantitative estimate of drug-likeness (QED) is 0.462. The number of hydrogen-bond donors (Lipinski definition) is 2. The Labute approximate surface area is 195 Å². The number of epoxide rings is 1. The van der Waals surface area contributed by atoms with E-state index >= 15 is 0 Å². The van der Waals surface area contributed by atoms with Crippen LogP contribution in [0.3, 0.4) is 0 Å². The van der Waals surface area contributed by atoms with Crippen molar-refractivity contribution in [3.8, 4) is 5.75 Å². The minimum absolute atomic E-state index is 0.00912. The number of rotatable bonds is 2. The van der Waals surface area contributed by atoms with Crippen molar-refractivity contribution in [3.05, 3.63) is 28.8 Å². The third-order valence-corrected chi connectivity index (χ3v) is 8.22. The number of esters is 1. The maximum absolute atomic E-state index is 13.8. The lowest BCUT2D eigenvalue weighted by atomic mass is 9.66. The molecule has 4 fully saturated rings. The number of carbonyl (C=O) groups is 3. The predicted molar refractivity (Wildman–Crippen MR) is 114 cm³/mol. The fraction of sp³-hybridized carbons (Fsp3) is 0.625. The topological polar surface area (TPSA) is 135 Å². The highest BCUT2D eigenvalue weighted by Crippen LogP contribution is 2.65. The molecule has 0 bridgehead atoms. The number of carbonyl (C=O) groups excluding carboxylic acids is 3. The molecular formula is C24H27NO9. The fourth-order valence-corrected chi connectivity index (χ4v) is 6.44. The van der Waals surface area contributed by atoms with Crippen LogP contribution in [0.4, 0.5) is 0 Å². The number of phenolic OH excluding ortho intramolecular Hbond substituents is 1. The number of ether oxygens (including phenoxy) is 4. The van der Waals surface area contributed by atoms with Crippen LogP contribution in [0.2, 0.25) is 0 Å². The van der Waals surface area contributed by atoms with Crippen LogP contribution in [0.15, 0.2) is 12.1 Å². The Balaban J connectivity index is 1.43. The first kappa shape index (κ1) is 22.1. The van der Waals surface area contributed by atoms with E-state index in [0.717, 1.165) is 0 Å². The number of Topliss-reactive ketones (excluding diaryl/α,β-unsaturated/α-hetero) is 2. The van der Waals surface area contributed by atoms with Gasteiger partial charge in [-0.15, -0.1) is 0 Å². The SMILES string of the molecule is CC1OC2CC(=O)OC2C23OC12C(=O)c1c(ccc([C@H]2C[C@H](N(C)C)[C@H](O)[C@@H](C)O2)c1O)C3=O. The van der Waals surface area contributed by atoms with Gasteiger partial charge in [0.1, 0.15) is 11.9 Å². The van der Waals surface area contributed by atoms with Crippen molar-refractivity contribution in [3.63, 3.8) is 0 Å². The van der Waals surface area contributed by atoms with E-state index in [0.29, 0.717) is 12.0 Å². The normalized spacial score (nSPS) is 44.8. The zero-order chi connectivity index (χ0) is 24.3. The molecule has 1 aliphatic carbocycles. The van der Waals surface area contributed by atoms with E-state index < -0.39 is 65.4 Å². The van der Waals surface area contributed by atoms with Gasteiger partial charge >= 0.3 is 5.97 Å². The van der Waals surface area contributed by atoms with Crippen LogP contribution >= 0.6 is 0 Å². The van der Waals surface area contributed by atoms with E-state index in [-0.39, 0.29) is 29.3 Å². The fourth-order valence-electron chi connectivity index (χ4n) is 6.44. The molecule has 1 aromatic carbocycles. The highest BCUT2D eigenvalue weighted by Gasteiger charge is 2.90. The summed E-state index contributed by atoms with van der Waals surface area (Å²) in [4.78, 5) is 41.4. The molecule has 34 heavy (non-hydrogen) atoms. The summed E-state index contributed by atoms with van der Waals surface area (Å²) in [6.07, 6.45) is -3.92. The number of likely N-dealkylation sites (N-methyl/N-ethyl adjacent to an activating group) is 1. The molecule has 4 aliphatic heterocycles. The lowest BCUT2D eigenvalue weighted by Gasteiger charge is -2.42. The number of nitrogens with zero attached hydrogens (tertiary/aromatic N) is 1. The summed E-state index contributed by atoms with van der Waals surface area (Å²) in [5, 5.41) is 21.8. The summed E-state index contributed by atoms with van der Waals surface area (Å²) in [7, 11) is 3.71. The van der Waals surface area contributed by atoms with Gasteiger partial charge in [0.25, 0.3) is 0 Å². The smallest absolute Gasteiger partial charge is 0.309 e. The molecule has 9 atom stereocenters. The highest BCUT2D eigenvalue weighted by atomic mass is 16.7. The summed E-state index contributed by atoms with van der Waals surface area (Å²) in [6.45, 7) is 3.38. The van der Waals surface area contributed by atoms with E-state index in [1.807, 2.05) is 19.0 Å². The highest BCUT2D eigenvalue weighted by molar-refractivity contribution is 6.27. The summed E-state index contributed by atoms with van der Waals surface area (Å²) in [6, 6.07) is 2.86. The number of aliphatic hydroxyl groups is 1. The van der Waals surface area contributed by atoms with Gasteiger partial charge in [-0.25, -0.2) is 0 Å². The molecule has 0 aromatic heterocycles. The van der Waals surface area contributed by atoms with Crippen molar-refractivity contribution in [2.75, 3.05) is 14.1 Å². The molecule has 4 heterocycles. The Morgan fingerprint density at radius 1 is 1.06 bits per heavy atom. The van der Waals surface area contributed by atoms with E-state index in [1.54, 1.807) is 19.9 Å². The average molecular weight is 473 g/mol. The van der Waals surface area contributed by atoms with Crippen LogP contribution in [-0.4, -0.2) is 94.5 Å².